The van der Waals surface area contributed by atoms with Gasteiger partial charge in [-0.1, -0.05) is 63.6 Å². The molecule has 3 heteroatoms. The maximum Gasteiger partial charge on any atom is 0.319 e. The van der Waals surface area contributed by atoms with Gasteiger partial charge in [0.2, 0.25) is 0 Å². The minimum absolute atomic E-state index is 0.0659. The van der Waals surface area contributed by atoms with Gasteiger partial charge in [-0.05, 0) is 18.6 Å². The normalized spacial score (nSPS) is 12.6. The van der Waals surface area contributed by atoms with E-state index in [0.717, 1.165) is 18.5 Å². The smallest absolute Gasteiger partial charge is 0.319 e. The first kappa shape index (κ1) is 13.9. The lowest BCUT2D eigenvalue weighted by atomic mass is 10.1. The van der Waals surface area contributed by atoms with Gasteiger partial charge in [-0.25, -0.2) is 4.79 Å². The average molecular weight is 263 g/mol. The summed E-state index contributed by atoms with van der Waals surface area (Å²) in [5.74, 6) is 0. The van der Waals surface area contributed by atoms with Crippen molar-refractivity contribution in [2.45, 2.75) is 51.8 Å². The third kappa shape index (κ3) is 8.25. The highest BCUT2D eigenvalue weighted by Crippen LogP contribution is 2.06. The highest BCUT2D eigenvalue weighted by Gasteiger charge is 1.99. The van der Waals surface area contributed by atoms with Crippen molar-refractivity contribution in [3.05, 3.63) is 30.3 Å². The molecule has 1 aromatic rings. The summed E-state index contributed by atoms with van der Waals surface area (Å²) in [6.45, 7) is 2.74. The lowest BCUT2D eigenvalue weighted by Crippen LogP contribution is -2.29. The van der Waals surface area contributed by atoms with Gasteiger partial charge in [-0.3, -0.25) is 0 Å². The number of urea groups is 1. The van der Waals surface area contributed by atoms with Crippen molar-refractivity contribution < 1.29 is 6.17 Å². The summed E-state index contributed by atoms with van der Waals surface area (Å²) in [6, 6.07) is 9.17. The number of carbonyl (C=O) groups excluding carboxylic acids is 1. The fourth-order valence-electron chi connectivity index (χ4n) is 1.84. The Bertz CT molecular complexity index is 370. The summed E-state index contributed by atoms with van der Waals surface area (Å²) in [6.07, 6.45) is 6.40. The Kier molecular flexibility index (Phi) is 7.63. The van der Waals surface area contributed by atoms with E-state index in [1.165, 1.54) is 19.3 Å². The average Bonchev–Trinajstić information content (AvgIpc) is 2.45. The lowest BCUT2D eigenvalue weighted by Gasteiger charge is -2.07. The Morgan fingerprint density at radius 2 is 1.84 bits per heavy atom. The Hall–Kier alpha value is -1.51. The predicted molar refractivity (Wildman–Crippen MR) is 81.5 cm³/mol. The van der Waals surface area contributed by atoms with E-state index >= 15 is 0 Å². The molecule has 1 unspecified atom stereocenters. The molecule has 0 fully saturated rings. The van der Waals surface area contributed by atoms with E-state index in [-0.39, 0.29) is 12.4 Å². The number of nitrogens with one attached hydrogen (secondary N) is 2. The summed E-state index contributed by atoms with van der Waals surface area (Å²) >= 11 is 0. The van der Waals surface area contributed by atoms with Crippen molar-refractivity contribution in [1.82, 2.24) is 5.32 Å². The molecule has 0 radical (unpaired) electrons. The van der Waals surface area contributed by atoms with Crippen LogP contribution in [0.1, 0.15) is 53.2 Å². The molecule has 0 heterocycles. The van der Waals surface area contributed by atoms with Crippen LogP contribution in [0.25, 0.3) is 0 Å². The van der Waals surface area contributed by atoms with Crippen molar-refractivity contribution >= 4 is 11.7 Å². The number of amides is 2. The molecule has 2 N–H and O–H groups in total. The predicted octanol–water partition coefficient (Wildman–Crippen LogP) is 4.56. The van der Waals surface area contributed by atoms with E-state index in [0.29, 0.717) is 13.0 Å². The number of benzene rings is 1. The van der Waals surface area contributed by atoms with E-state index < -0.39 is 0 Å². The lowest BCUT2D eigenvalue weighted by molar-refractivity contribution is 0.252. The summed E-state index contributed by atoms with van der Waals surface area (Å²) in [5.41, 5.74) is 0.784. The van der Waals surface area contributed by atoms with Gasteiger partial charge in [0, 0.05) is 13.6 Å². The number of unbranched alkanes of at least 4 members (excludes halogenated alkanes) is 3. The Labute approximate surface area is 118 Å². The van der Waals surface area contributed by atoms with Crippen molar-refractivity contribution in [3.63, 3.8) is 0 Å². The first-order valence-corrected chi connectivity index (χ1v) is 7.24. The van der Waals surface area contributed by atoms with Gasteiger partial charge in [0.25, 0.3) is 0 Å². The second kappa shape index (κ2) is 10.4. The van der Waals surface area contributed by atoms with E-state index in [1.807, 2.05) is 30.3 Å². The van der Waals surface area contributed by atoms with Crippen LogP contribution in [0.15, 0.2) is 30.3 Å². The SMILES string of the molecule is [2H]C(CCCCCC)CCNC(=O)Nc1ccccc1. The zero-order valence-corrected chi connectivity index (χ0v) is 11.8. The third-order valence-corrected chi connectivity index (χ3v) is 2.93. The van der Waals surface area contributed by atoms with Crippen LogP contribution < -0.4 is 10.6 Å². The summed E-state index contributed by atoms with van der Waals surface area (Å²) in [7, 11) is 0. The van der Waals surface area contributed by atoms with E-state index in [2.05, 4.69) is 17.6 Å². The van der Waals surface area contributed by atoms with Crippen LogP contribution in [-0.2, 0) is 0 Å². The van der Waals surface area contributed by atoms with E-state index in [1.54, 1.807) is 0 Å². The Balaban J connectivity index is 2.06. The second-order valence-corrected chi connectivity index (χ2v) is 4.67. The fourth-order valence-corrected chi connectivity index (χ4v) is 1.84. The number of hydrogen-bond acceptors (Lipinski definition) is 1. The summed E-state index contributed by atoms with van der Waals surface area (Å²) in [4.78, 5) is 11.6. The molecular weight excluding hydrogens is 236 g/mol. The highest BCUT2D eigenvalue weighted by molar-refractivity contribution is 5.89. The molecule has 1 atom stereocenters. The standard InChI is InChI=1S/C16H26N2O/c1-2-3-4-5-6-7-11-14-17-16(19)18-15-12-9-8-10-13-15/h8-10,12-13H,2-7,11,14H2,1H3,(H2,17,18,19)/i7D. The molecule has 1 rings (SSSR count). The number of para-hydroxylation sites is 1. The van der Waals surface area contributed by atoms with E-state index in [9.17, 15) is 4.79 Å². The van der Waals surface area contributed by atoms with Crippen LogP contribution in [0.5, 0.6) is 0 Å². The van der Waals surface area contributed by atoms with Gasteiger partial charge in [-0.15, -0.1) is 0 Å². The third-order valence-electron chi connectivity index (χ3n) is 2.93. The largest absolute Gasteiger partial charge is 0.338 e. The zero-order chi connectivity index (χ0) is 14.6. The molecule has 0 aliphatic heterocycles. The highest BCUT2D eigenvalue weighted by atomic mass is 16.2. The van der Waals surface area contributed by atoms with Crippen LogP contribution in [0.4, 0.5) is 10.5 Å². The van der Waals surface area contributed by atoms with Gasteiger partial charge in [0.05, 0.1) is 0 Å². The van der Waals surface area contributed by atoms with Crippen LogP contribution >= 0.6 is 0 Å². The molecule has 19 heavy (non-hydrogen) atoms. The number of rotatable bonds is 9. The molecule has 0 aliphatic carbocycles. The quantitative estimate of drug-likeness (QED) is 0.630. The van der Waals surface area contributed by atoms with Crippen molar-refractivity contribution in [2.24, 2.45) is 0 Å². The van der Waals surface area contributed by atoms with E-state index in [4.69, 9.17) is 1.37 Å². The molecule has 3 nitrogen and oxygen atoms in total. The summed E-state index contributed by atoms with van der Waals surface area (Å²) < 4.78 is 7.90. The molecule has 0 saturated heterocycles. The maximum atomic E-state index is 11.6. The first-order valence-electron chi connectivity index (χ1n) is 7.82. The number of carbonyl (C=O) groups is 1. The molecule has 106 valence electrons. The topological polar surface area (TPSA) is 41.1 Å². The summed E-state index contributed by atoms with van der Waals surface area (Å²) in [5, 5.41) is 5.56. The molecular formula is C16H26N2O. The van der Waals surface area contributed by atoms with Crippen molar-refractivity contribution in [1.29, 1.82) is 0 Å². The Morgan fingerprint density at radius 1 is 1.11 bits per heavy atom. The van der Waals surface area contributed by atoms with Gasteiger partial charge >= 0.3 is 6.03 Å². The molecule has 0 aromatic heterocycles. The van der Waals surface area contributed by atoms with Crippen LogP contribution in [-0.4, -0.2) is 12.6 Å². The van der Waals surface area contributed by atoms with Crippen LogP contribution in [0.2, 0.25) is 0 Å². The second-order valence-electron chi connectivity index (χ2n) is 4.67. The number of anilines is 1. The molecule has 2 amide bonds. The van der Waals surface area contributed by atoms with Crippen molar-refractivity contribution in [3.8, 4) is 0 Å². The molecule has 0 aliphatic rings. The zero-order valence-electron chi connectivity index (χ0n) is 12.8. The van der Waals surface area contributed by atoms with Gasteiger partial charge in [0.15, 0.2) is 0 Å². The van der Waals surface area contributed by atoms with Gasteiger partial charge in [0.1, 0.15) is 0 Å². The minimum atomic E-state index is -0.200. The molecule has 0 bridgehead atoms. The van der Waals surface area contributed by atoms with Crippen LogP contribution in [0.3, 0.4) is 0 Å². The Morgan fingerprint density at radius 3 is 2.58 bits per heavy atom. The molecule has 1 aromatic carbocycles. The van der Waals surface area contributed by atoms with Crippen molar-refractivity contribution in [2.75, 3.05) is 11.9 Å². The monoisotopic (exact) mass is 263 g/mol. The fraction of sp³-hybridized carbons (Fsp3) is 0.562. The number of hydrogen-bond donors (Lipinski definition) is 2. The minimum Gasteiger partial charge on any atom is -0.338 e. The van der Waals surface area contributed by atoms with Gasteiger partial charge in [-0.2, -0.15) is 0 Å². The first-order chi connectivity index (χ1) is 9.72. The van der Waals surface area contributed by atoms with Crippen LogP contribution in [0, 0.1) is 0 Å². The molecule has 0 spiro atoms. The maximum absolute atomic E-state index is 11.6. The van der Waals surface area contributed by atoms with Gasteiger partial charge < -0.3 is 10.6 Å². The molecule has 0 saturated carbocycles.